The van der Waals surface area contributed by atoms with Crippen molar-refractivity contribution in [1.82, 2.24) is 9.88 Å². The molecule has 2 aromatic carbocycles. The number of nitrogens with zero attached hydrogens (tertiary/aromatic N) is 2. The van der Waals surface area contributed by atoms with E-state index in [-0.39, 0.29) is 35.4 Å². The number of carbonyl (C=O) groups is 2. The van der Waals surface area contributed by atoms with Gasteiger partial charge < -0.3 is 18.9 Å². The van der Waals surface area contributed by atoms with Gasteiger partial charge in [-0.3, -0.25) is 9.59 Å². The molecule has 1 heterocycles. The highest BCUT2D eigenvalue weighted by Gasteiger charge is 2.20. The van der Waals surface area contributed by atoms with Crippen molar-refractivity contribution in [2.24, 2.45) is 0 Å². The maximum atomic E-state index is 12.6. The Balaban J connectivity index is 1.64. The van der Waals surface area contributed by atoms with Crippen LogP contribution in [0.1, 0.15) is 43.9 Å². The number of ether oxygens (including phenoxy) is 1. The number of hydrogen-bond donors (Lipinski definition) is 1. The minimum Gasteiger partial charge on any atom is -0.469 e. The maximum absolute atomic E-state index is 12.6. The first kappa shape index (κ1) is 28.5. The number of fused-ring (bicyclic) bond motifs is 1. The van der Waals surface area contributed by atoms with Gasteiger partial charge in [0.15, 0.2) is 5.75 Å². The van der Waals surface area contributed by atoms with E-state index in [0.29, 0.717) is 41.5 Å². The second kappa shape index (κ2) is 13.0. The zero-order chi connectivity index (χ0) is 27.0. The van der Waals surface area contributed by atoms with Crippen LogP contribution < -0.4 is 4.18 Å². The molecule has 3 rings (SSSR count). The Hall–Kier alpha value is -3.02. The molecule has 1 atom stereocenters. The van der Waals surface area contributed by atoms with E-state index in [9.17, 15) is 23.1 Å². The Kier molecular flexibility index (Phi) is 10.0. The molecule has 9 nitrogen and oxygen atoms in total. The first-order chi connectivity index (χ1) is 17.6. The largest absolute Gasteiger partial charge is 0.469 e. The number of aromatic nitrogens is 1. The van der Waals surface area contributed by atoms with Crippen LogP contribution in [0.2, 0.25) is 0 Å². The van der Waals surface area contributed by atoms with Gasteiger partial charge in [-0.1, -0.05) is 24.3 Å². The summed E-state index contributed by atoms with van der Waals surface area (Å²) >= 11 is 3.40. The molecule has 11 heteroatoms. The second-order valence-corrected chi connectivity index (χ2v) is 10.8. The lowest BCUT2D eigenvalue weighted by atomic mass is 10.1. The van der Waals surface area contributed by atoms with Crippen molar-refractivity contribution in [2.75, 3.05) is 20.7 Å². The number of rotatable bonds is 12. The van der Waals surface area contributed by atoms with E-state index in [1.165, 1.54) is 25.3 Å². The number of hydrogen-bond acceptors (Lipinski definition) is 8. The Morgan fingerprint density at radius 1 is 1.05 bits per heavy atom. The van der Waals surface area contributed by atoms with Crippen molar-refractivity contribution >= 4 is 48.8 Å². The predicted octanol–water partition coefficient (Wildman–Crippen LogP) is 4.38. The van der Waals surface area contributed by atoms with Gasteiger partial charge in [-0.05, 0) is 65.5 Å². The van der Waals surface area contributed by atoms with Gasteiger partial charge in [0.2, 0.25) is 5.91 Å². The minimum absolute atomic E-state index is 0.0289. The number of unbranched alkanes of at least 4 members (excludes halogenated alkanes) is 1. The predicted molar refractivity (Wildman–Crippen MR) is 141 cm³/mol. The number of carbonyl (C=O) groups excluding carboxylic acids is 2. The SMILES string of the molecule is COC(=O)CCCCC(=O)N(C)CCC(O)c1ccc2ccc(OS(=O)(=O)c3ccccc3)c(Br)c2n1. The highest BCUT2D eigenvalue weighted by molar-refractivity contribution is 9.10. The van der Waals surface area contributed by atoms with Crippen molar-refractivity contribution in [2.45, 2.75) is 43.1 Å². The fourth-order valence-electron chi connectivity index (χ4n) is 3.58. The maximum Gasteiger partial charge on any atom is 0.339 e. The molecule has 0 saturated heterocycles. The van der Waals surface area contributed by atoms with Crippen LogP contribution in [0.3, 0.4) is 0 Å². The van der Waals surface area contributed by atoms with E-state index in [4.69, 9.17) is 4.18 Å². The molecule has 0 aliphatic carbocycles. The molecule has 1 aromatic heterocycles. The summed E-state index contributed by atoms with van der Waals surface area (Å²) in [6.07, 6.45) is 1.05. The molecule has 0 bridgehead atoms. The number of amides is 1. The highest BCUT2D eigenvalue weighted by Crippen LogP contribution is 2.34. The summed E-state index contributed by atoms with van der Waals surface area (Å²) in [5.41, 5.74) is 0.822. The fraction of sp³-hybridized carbons (Fsp3) is 0.346. The van der Waals surface area contributed by atoms with Crippen molar-refractivity contribution in [3.63, 3.8) is 0 Å². The average molecular weight is 593 g/mol. The number of methoxy groups -OCH3 is 1. The highest BCUT2D eigenvalue weighted by atomic mass is 79.9. The average Bonchev–Trinajstić information content (AvgIpc) is 2.91. The molecule has 37 heavy (non-hydrogen) atoms. The molecular weight excluding hydrogens is 564 g/mol. The van der Waals surface area contributed by atoms with Crippen molar-refractivity contribution in [3.05, 3.63) is 64.8 Å². The molecule has 0 spiro atoms. The number of pyridine rings is 1. The van der Waals surface area contributed by atoms with E-state index in [0.717, 1.165) is 5.39 Å². The Labute approximate surface area is 224 Å². The summed E-state index contributed by atoms with van der Waals surface area (Å²) < 4.78 is 35.6. The molecule has 1 N–H and O–H groups in total. The zero-order valence-electron chi connectivity index (χ0n) is 20.6. The quantitative estimate of drug-likeness (QED) is 0.187. The molecule has 0 radical (unpaired) electrons. The van der Waals surface area contributed by atoms with E-state index in [1.54, 1.807) is 48.3 Å². The van der Waals surface area contributed by atoms with Crippen molar-refractivity contribution in [1.29, 1.82) is 0 Å². The summed E-state index contributed by atoms with van der Waals surface area (Å²) in [5, 5.41) is 11.4. The number of aliphatic hydroxyl groups is 1. The zero-order valence-corrected chi connectivity index (χ0v) is 23.0. The second-order valence-electron chi connectivity index (χ2n) is 8.44. The third-order valence-corrected chi connectivity index (χ3v) is 7.79. The summed E-state index contributed by atoms with van der Waals surface area (Å²) in [4.78, 5) is 29.6. The Morgan fingerprint density at radius 3 is 2.43 bits per heavy atom. The van der Waals surface area contributed by atoms with Gasteiger partial charge in [0.1, 0.15) is 4.90 Å². The summed E-state index contributed by atoms with van der Waals surface area (Å²) in [5.74, 6) is -0.296. The summed E-state index contributed by atoms with van der Waals surface area (Å²) in [6, 6.07) is 14.5. The molecular formula is C26H29BrN2O7S. The van der Waals surface area contributed by atoms with Crippen LogP contribution in [0.15, 0.2) is 64.0 Å². The lowest BCUT2D eigenvalue weighted by Gasteiger charge is -2.19. The minimum atomic E-state index is -4.04. The van der Waals surface area contributed by atoms with Gasteiger partial charge in [0.25, 0.3) is 0 Å². The van der Waals surface area contributed by atoms with Gasteiger partial charge >= 0.3 is 16.1 Å². The smallest absolute Gasteiger partial charge is 0.339 e. The van der Waals surface area contributed by atoms with Gasteiger partial charge in [-0.15, -0.1) is 0 Å². The standard InChI is InChI=1S/C26H29BrN2O7S/c1-29(23(31)10-6-7-11-24(32)35-2)17-16-21(30)20-14-12-18-13-15-22(25(27)26(18)28-20)36-37(33,34)19-8-4-3-5-9-19/h3-5,8-9,12-15,21,30H,6-7,10-11,16-17H2,1-2H3. The number of benzene rings is 2. The summed E-state index contributed by atoms with van der Waals surface area (Å²) in [6.45, 7) is 0.316. The van der Waals surface area contributed by atoms with Gasteiger partial charge in [-0.2, -0.15) is 8.42 Å². The van der Waals surface area contributed by atoms with Crippen LogP contribution >= 0.6 is 15.9 Å². The number of esters is 1. The van der Waals surface area contributed by atoms with Crippen LogP contribution in [0.5, 0.6) is 5.75 Å². The lowest BCUT2D eigenvalue weighted by Crippen LogP contribution is -2.28. The van der Waals surface area contributed by atoms with E-state index in [1.807, 2.05) is 0 Å². The van der Waals surface area contributed by atoms with Crippen LogP contribution in [-0.4, -0.2) is 56.0 Å². The molecule has 1 amide bonds. The van der Waals surface area contributed by atoms with E-state index in [2.05, 4.69) is 25.7 Å². The van der Waals surface area contributed by atoms with Crippen LogP contribution in [0.25, 0.3) is 10.9 Å². The van der Waals surface area contributed by atoms with Crippen LogP contribution in [0.4, 0.5) is 0 Å². The third kappa shape index (κ3) is 7.73. The Bertz CT molecular complexity index is 1350. The molecule has 1 unspecified atom stereocenters. The molecule has 0 saturated carbocycles. The molecule has 0 aliphatic rings. The van der Waals surface area contributed by atoms with Crippen LogP contribution in [0, 0.1) is 0 Å². The van der Waals surface area contributed by atoms with Crippen molar-refractivity contribution in [3.8, 4) is 5.75 Å². The van der Waals surface area contributed by atoms with Crippen LogP contribution in [-0.2, 0) is 24.4 Å². The summed E-state index contributed by atoms with van der Waals surface area (Å²) in [7, 11) is -1.04. The third-order valence-electron chi connectivity index (χ3n) is 5.77. The molecule has 198 valence electrons. The molecule has 0 fully saturated rings. The Morgan fingerprint density at radius 2 is 1.73 bits per heavy atom. The monoisotopic (exact) mass is 592 g/mol. The van der Waals surface area contributed by atoms with E-state index >= 15 is 0 Å². The van der Waals surface area contributed by atoms with E-state index < -0.39 is 16.2 Å². The van der Waals surface area contributed by atoms with Gasteiger partial charge in [0.05, 0.1) is 28.9 Å². The first-order valence-corrected chi connectivity index (χ1v) is 13.9. The number of aliphatic hydroxyl groups excluding tert-OH is 1. The molecule has 3 aromatic rings. The topological polar surface area (TPSA) is 123 Å². The lowest BCUT2D eigenvalue weighted by molar-refractivity contribution is -0.141. The molecule has 0 aliphatic heterocycles. The fourth-order valence-corrected chi connectivity index (χ4v) is 5.18. The normalized spacial score (nSPS) is 12.2. The van der Waals surface area contributed by atoms with Gasteiger partial charge in [-0.25, -0.2) is 4.98 Å². The first-order valence-electron chi connectivity index (χ1n) is 11.7. The van der Waals surface area contributed by atoms with Crippen molar-refractivity contribution < 1.29 is 32.0 Å². The number of halogens is 1. The van der Waals surface area contributed by atoms with Gasteiger partial charge in [0, 0.05) is 31.8 Å².